The standard InChI is InChI=1S/C66H103NO10/c1-4-7-10-13-16-19-22-25-37-46-60(68)67-63-65(74-51-57-44-35-30-36-45-57)64(73-50-56-42-33-29-34-43-56)59(54-71-49-55-40-31-28-32-41-55)77-66(63)75-53-58(76-62(70)48-39-27-24-21-18-15-12-9-6-3)52-72-61(69)47-38-26-23-20-17-14-11-8-5-2/h28-36,40-45,58-59,63-66H,4-27,37-39,46-54H2,1-3H3,(H,67,68)/t58-,59+,63+,64+,65+,66-/m0/s1. The first kappa shape index (κ1) is 65.4. The Labute approximate surface area is 466 Å². The number of amides is 1. The van der Waals surface area contributed by atoms with Gasteiger partial charge < -0.3 is 38.5 Å². The highest BCUT2D eigenvalue weighted by molar-refractivity contribution is 5.76. The fraction of sp³-hybridized carbons (Fsp3) is 0.682. The normalized spacial score (nSPS) is 17.7. The van der Waals surface area contributed by atoms with Crippen molar-refractivity contribution in [2.45, 2.75) is 270 Å². The lowest BCUT2D eigenvalue weighted by molar-refractivity contribution is -0.294. The highest BCUT2D eigenvalue weighted by Gasteiger charge is 2.49. The first-order valence-corrected chi connectivity index (χ1v) is 30.7. The zero-order valence-electron chi connectivity index (χ0n) is 48.2. The highest BCUT2D eigenvalue weighted by atomic mass is 16.7. The molecule has 3 aromatic rings. The predicted molar refractivity (Wildman–Crippen MR) is 309 cm³/mol. The van der Waals surface area contributed by atoms with E-state index >= 15 is 0 Å². The van der Waals surface area contributed by atoms with Gasteiger partial charge in [0.25, 0.3) is 0 Å². The van der Waals surface area contributed by atoms with Crippen LogP contribution in [-0.4, -0.2) is 74.4 Å². The van der Waals surface area contributed by atoms with Crippen molar-refractivity contribution in [2.75, 3.05) is 19.8 Å². The molecule has 11 heteroatoms. The molecule has 1 saturated heterocycles. The quantitative estimate of drug-likeness (QED) is 0.0431. The summed E-state index contributed by atoms with van der Waals surface area (Å²) in [6.07, 6.45) is 27.4. The van der Waals surface area contributed by atoms with Gasteiger partial charge in [0, 0.05) is 19.3 Å². The first-order chi connectivity index (χ1) is 37.9. The molecule has 77 heavy (non-hydrogen) atoms. The Hall–Kier alpha value is -4.13. The Bertz CT molecular complexity index is 1880. The van der Waals surface area contributed by atoms with E-state index in [-0.39, 0.29) is 57.3 Å². The zero-order valence-corrected chi connectivity index (χ0v) is 48.2. The number of unbranched alkanes of at least 4 members (excludes halogenated alkanes) is 24. The van der Waals surface area contributed by atoms with Crippen molar-refractivity contribution in [3.63, 3.8) is 0 Å². The van der Waals surface area contributed by atoms with Crippen molar-refractivity contribution in [2.24, 2.45) is 0 Å². The van der Waals surface area contributed by atoms with E-state index in [1.807, 2.05) is 91.0 Å². The van der Waals surface area contributed by atoms with Gasteiger partial charge in [-0.25, -0.2) is 0 Å². The first-order valence-electron chi connectivity index (χ1n) is 30.7. The van der Waals surface area contributed by atoms with E-state index in [9.17, 15) is 14.4 Å². The minimum atomic E-state index is -1.08. The number of rotatable bonds is 47. The molecule has 4 rings (SSSR count). The van der Waals surface area contributed by atoms with E-state index in [0.717, 1.165) is 74.5 Å². The smallest absolute Gasteiger partial charge is 0.306 e. The number of hydrogen-bond acceptors (Lipinski definition) is 10. The van der Waals surface area contributed by atoms with Crippen LogP contribution in [0.4, 0.5) is 0 Å². The summed E-state index contributed by atoms with van der Waals surface area (Å²) in [5.41, 5.74) is 2.94. The molecule has 1 fully saturated rings. The van der Waals surface area contributed by atoms with Crippen molar-refractivity contribution < 1.29 is 47.5 Å². The van der Waals surface area contributed by atoms with Gasteiger partial charge in [0.1, 0.15) is 31.0 Å². The van der Waals surface area contributed by atoms with Crippen LogP contribution < -0.4 is 5.32 Å². The molecule has 0 unspecified atom stereocenters. The van der Waals surface area contributed by atoms with E-state index in [4.69, 9.17) is 33.2 Å². The lowest BCUT2D eigenvalue weighted by Gasteiger charge is -2.46. The summed E-state index contributed by atoms with van der Waals surface area (Å²) < 4.78 is 45.8. The molecule has 0 bridgehead atoms. The SMILES string of the molecule is CCCCCCCCCCCC(=O)N[C@H]1[C@@H](OC[C@H](COC(=O)CCCCCCCCCCC)OC(=O)CCCCCCCCCCC)O[C@H](COCc2ccccc2)[C@@H](OCc2ccccc2)[C@@H]1OCc1ccccc1. The monoisotopic (exact) mass is 1070 g/mol. The van der Waals surface area contributed by atoms with Gasteiger partial charge in [0.2, 0.25) is 5.91 Å². The third-order valence-corrected chi connectivity index (χ3v) is 14.6. The number of carbonyl (C=O) groups is 3. The van der Waals surface area contributed by atoms with Crippen LogP contribution in [0, 0.1) is 0 Å². The maximum Gasteiger partial charge on any atom is 0.306 e. The number of hydrogen-bond donors (Lipinski definition) is 1. The fourth-order valence-corrected chi connectivity index (χ4v) is 9.97. The van der Waals surface area contributed by atoms with E-state index in [1.165, 1.54) is 109 Å². The third-order valence-electron chi connectivity index (χ3n) is 14.6. The summed E-state index contributed by atoms with van der Waals surface area (Å²) in [7, 11) is 0. The van der Waals surface area contributed by atoms with Gasteiger partial charge in [0.05, 0.1) is 33.0 Å². The van der Waals surface area contributed by atoms with Gasteiger partial charge >= 0.3 is 11.9 Å². The molecule has 6 atom stereocenters. The third kappa shape index (κ3) is 30.7. The van der Waals surface area contributed by atoms with Crippen molar-refractivity contribution in [3.8, 4) is 0 Å². The van der Waals surface area contributed by atoms with Gasteiger partial charge in [-0.1, -0.05) is 266 Å². The van der Waals surface area contributed by atoms with Gasteiger partial charge in [-0.3, -0.25) is 14.4 Å². The molecule has 1 N–H and O–H groups in total. The average Bonchev–Trinajstić information content (AvgIpc) is 3.47. The maximum atomic E-state index is 14.2. The molecular weight excluding hydrogens is 967 g/mol. The van der Waals surface area contributed by atoms with E-state index < -0.39 is 36.7 Å². The van der Waals surface area contributed by atoms with Crippen LogP contribution in [0.15, 0.2) is 91.0 Å². The molecule has 0 spiro atoms. The van der Waals surface area contributed by atoms with E-state index in [2.05, 4.69) is 26.1 Å². The molecule has 1 amide bonds. The summed E-state index contributed by atoms with van der Waals surface area (Å²) in [5, 5.41) is 3.31. The summed E-state index contributed by atoms with van der Waals surface area (Å²) in [4.78, 5) is 41.0. The van der Waals surface area contributed by atoms with E-state index in [1.54, 1.807) is 0 Å². The number of ether oxygens (including phenoxy) is 7. The lowest BCUT2D eigenvalue weighted by Crippen LogP contribution is -2.66. The second-order valence-corrected chi connectivity index (χ2v) is 21.5. The molecular formula is C66H103NO10. The maximum absolute atomic E-state index is 14.2. The molecule has 1 aliphatic rings. The van der Waals surface area contributed by atoms with Crippen LogP contribution in [-0.2, 0) is 67.4 Å². The van der Waals surface area contributed by atoms with Gasteiger partial charge in [-0.2, -0.15) is 0 Å². The molecule has 0 saturated carbocycles. The van der Waals surface area contributed by atoms with Crippen molar-refractivity contribution in [1.29, 1.82) is 0 Å². The van der Waals surface area contributed by atoms with Crippen LogP contribution in [0.1, 0.15) is 230 Å². The fourth-order valence-electron chi connectivity index (χ4n) is 9.97. The molecule has 1 heterocycles. The van der Waals surface area contributed by atoms with E-state index in [0.29, 0.717) is 25.9 Å². The summed E-state index contributed by atoms with van der Waals surface area (Å²) >= 11 is 0. The molecule has 11 nitrogen and oxygen atoms in total. The lowest BCUT2D eigenvalue weighted by atomic mass is 9.95. The van der Waals surface area contributed by atoms with Gasteiger partial charge in [-0.15, -0.1) is 0 Å². The predicted octanol–water partition coefficient (Wildman–Crippen LogP) is 15.8. The Morgan fingerprint density at radius 2 is 0.857 bits per heavy atom. The second kappa shape index (κ2) is 43.7. The Kier molecular flexibility index (Phi) is 37.1. The minimum absolute atomic E-state index is 0.131. The van der Waals surface area contributed by atoms with Gasteiger partial charge in [0.15, 0.2) is 12.4 Å². The van der Waals surface area contributed by atoms with Crippen LogP contribution in [0.3, 0.4) is 0 Å². The molecule has 0 aromatic heterocycles. The Balaban J connectivity index is 1.56. The van der Waals surface area contributed by atoms with Crippen LogP contribution in [0.5, 0.6) is 0 Å². The minimum Gasteiger partial charge on any atom is -0.462 e. The molecule has 432 valence electrons. The summed E-state index contributed by atoms with van der Waals surface area (Å²) in [6.45, 7) is 7.36. The van der Waals surface area contributed by atoms with Crippen LogP contribution in [0.2, 0.25) is 0 Å². The second-order valence-electron chi connectivity index (χ2n) is 21.5. The largest absolute Gasteiger partial charge is 0.462 e. The Morgan fingerprint density at radius 3 is 1.32 bits per heavy atom. The molecule has 0 radical (unpaired) electrons. The number of nitrogens with one attached hydrogen (secondary N) is 1. The summed E-state index contributed by atoms with van der Waals surface area (Å²) in [6, 6.07) is 29.0. The van der Waals surface area contributed by atoms with Crippen LogP contribution in [0.25, 0.3) is 0 Å². The number of benzene rings is 3. The molecule has 0 aliphatic carbocycles. The molecule has 1 aliphatic heterocycles. The van der Waals surface area contributed by atoms with Crippen LogP contribution >= 0.6 is 0 Å². The highest BCUT2D eigenvalue weighted by Crippen LogP contribution is 2.30. The Morgan fingerprint density at radius 1 is 0.455 bits per heavy atom. The van der Waals surface area contributed by atoms with Crippen molar-refractivity contribution >= 4 is 17.8 Å². The van der Waals surface area contributed by atoms with Gasteiger partial charge in [-0.05, 0) is 36.0 Å². The summed E-state index contributed by atoms with van der Waals surface area (Å²) in [5.74, 6) is -0.831. The van der Waals surface area contributed by atoms with Crippen molar-refractivity contribution in [1.82, 2.24) is 5.32 Å². The zero-order chi connectivity index (χ0) is 54.6. The number of carbonyl (C=O) groups excluding carboxylic acids is 3. The molecule has 3 aromatic carbocycles. The average molecular weight is 1070 g/mol. The topological polar surface area (TPSA) is 128 Å². The van der Waals surface area contributed by atoms with Crippen molar-refractivity contribution in [3.05, 3.63) is 108 Å². The number of esters is 2.